The van der Waals surface area contributed by atoms with Crippen LogP contribution >= 0.6 is 22.6 Å². The highest BCUT2D eigenvalue weighted by atomic mass is 127. The number of ether oxygens (including phenoxy) is 2. The van der Waals surface area contributed by atoms with Crippen molar-refractivity contribution in [3.63, 3.8) is 0 Å². The summed E-state index contributed by atoms with van der Waals surface area (Å²) in [7, 11) is 0. The zero-order chi connectivity index (χ0) is 18.6. The van der Waals surface area contributed by atoms with Crippen LogP contribution in [0.25, 0.3) is 0 Å². The molecule has 1 atom stereocenters. The molecule has 27 heavy (non-hydrogen) atoms. The Kier molecular flexibility index (Phi) is 5.83. The Labute approximate surface area is 173 Å². The molecule has 142 valence electrons. The molecule has 0 aliphatic carbocycles. The van der Waals surface area contributed by atoms with Gasteiger partial charge in [-0.1, -0.05) is 40.8 Å². The highest BCUT2D eigenvalue weighted by molar-refractivity contribution is 14.1. The Hall–Kier alpha value is -1.80. The lowest BCUT2D eigenvalue weighted by atomic mass is 10.1. The van der Waals surface area contributed by atoms with Gasteiger partial charge in [0.05, 0.1) is 4.05 Å². The van der Waals surface area contributed by atoms with Crippen molar-refractivity contribution in [3.8, 4) is 11.5 Å². The largest absolute Gasteiger partial charge is 0.454 e. The lowest BCUT2D eigenvalue weighted by molar-refractivity contribution is 0.0973. The molecule has 0 amide bonds. The number of carbonyl (C=O) groups is 1. The second-order valence-corrected chi connectivity index (χ2v) is 8.28. The summed E-state index contributed by atoms with van der Waals surface area (Å²) in [6, 6.07) is 16.0. The molecular weight excluding hydrogens is 455 g/mol. The van der Waals surface area contributed by atoms with E-state index in [1.165, 1.54) is 5.69 Å². The number of anilines is 1. The maximum Gasteiger partial charge on any atom is 0.231 e. The van der Waals surface area contributed by atoms with E-state index >= 15 is 0 Å². The van der Waals surface area contributed by atoms with Crippen LogP contribution in [0.1, 0.15) is 23.2 Å². The Balaban J connectivity index is 1.25. The van der Waals surface area contributed by atoms with Gasteiger partial charge >= 0.3 is 0 Å². The summed E-state index contributed by atoms with van der Waals surface area (Å²) in [6.45, 7) is 4.26. The molecule has 5 nitrogen and oxygen atoms in total. The van der Waals surface area contributed by atoms with Gasteiger partial charge in [0.1, 0.15) is 0 Å². The highest BCUT2D eigenvalue weighted by Crippen LogP contribution is 2.33. The van der Waals surface area contributed by atoms with Gasteiger partial charge in [-0.25, -0.2) is 0 Å². The molecule has 2 aromatic carbocycles. The number of benzene rings is 2. The SMILES string of the molecule is O=C(CCCN1CCN(c2ccccc2)CC1I)c1ccc2c(c1)OCO2. The first-order valence-corrected chi connectivity index (χ1v) is 10.6. The first kappa shape index (κ1) is 18.6. The second-order valence-electron chi connectivity index (χ2n) is 6.85. The number of hydrogen-bond acceptors (Lipinski definition) is 5. The fourth-order valence-corrected chi connectivity index (χ4v) is 4.59. The summed E-state index contributed by atoms with van der Waals surface area (Å²) in [5.41, 5.74) is 2.00. The van der Waals surface area contributed by atoms with E-state index in [9.17, 15) is 4.79 Å². The molecule has 0 aromatic heterocycles. The number of piperazine rings is 1. The molecule has 0 spiro atoms. The van der Waals surface area contributed by atoms with E-state index in [4.69, 9.17) is 9.47 Å². The topological polar surface area (TPSA) is 42.0 Å². The number of para-hydroxylation sites is 1. The number of Topliss-reactive ketones (excluding diaryl/α,β-unsaturated/α-hetero) is 1. The molecule has 0 radical (unpaired) electrons. The number of fused-ring (bicyclic) bond motifs is 1. The average molecular weight is 478 g/mol. The van der Waals surface area contributed by atoms with Crippen molar-refractivity contribution in [2.75, 3.05) is 37.9 Å². The molecule has 6 heteroatoms. The first-order chi connectivity index (χ1) is 13.2. The molecule has 0 bridgehead atoms. The Morgan fingerprint density at radius 1 is 1.07 bits per heavy atom. The minimum absolute atomic E-state index is 0.168. The minimum atomic E-state index is 0.168. The van der Waals surface area contributed by atoms with Crippen LogP contribution in [0.15, 0.2) is 48.5 Å². The van der Waals surface area contributed by atoms with Crippen LogP contribution < -0.4 is 14.4 Å². The molecule has 1 fully saturated rings. The summed E-state index contributed by atoms with van der Waals surface area (Å²) in [5.74, 6) is 1.56. The Bertz CT molecular complexity index is 799. The summed E-state index contributed by atoms with van der Waals surface area (Å²) >= 11 is 2.52. The van der Waals surface area contributed by atoms with Crippen LogP contribution in [0, 0.1) is 0 Å². The third-order valence-electron chi connectivity index (χ3n) is 5.09. The first-order valence-electron chi connectivity index (χ1n) is 9.32. The van der Waals surface area contributed by atoms with Gasteiger partial charge in [0.15, 0.2) is 17.3 Å². The maximum atomic E-state index is 12.5. The lowest BCUT2D eigenvalue weighted by Gasteiger charge is -2.40. The van der Waals surface area contributed by atoms with E-state index in [0.29, 0.717) is 21.8 Å². The Morgan fingerprint density at radius 3 is 2.70 bits per heavy atom. The van der Waals surface area contributed by atoms with Crippen LogP contribution in [-0.4, -0.2) is 47.7 Å². The predicted molar refractivity (Wildman–Crippen MR) is 114 cm³/mol. The molecule has 2 aromatic rings. The van der Waals surface area contributed by atoms with Gasteiger partial charge in [0, 0.05) is 37.3 Å². The van der Waals surface area contributed by atoms with Gasteiger partial charge < -0.3 is 14.4 Å². The van der Waals surface area contributed by atoms with Gasteiger partial charge in [-0.2, -0.15) is 0 Å². The number of carbonyl (C=O) groups excluding carboxylic acids is 1. The van der Waals surface area contributed by atoms with Crippen LogP contribution in [-0.2, 0) is 0 Å². The number of rotatable bonds is 6. The van der Waals surface area contributed by atoms with Gasteiger partial charge in [0.2, 0.25) is 6.79 Å². The summed E-state index contributed by atoms with van der Waals surface area (Å²) < 4.78 is 11.1. The molecule has 2 aliphatic heterocycles. The van der Waals surface area contributed by atoms with Crippen molar-refractivity contribution < 1.29 is 14.3 Å². The number of ketones is 1. The number of hydrogen-bond donors (Lipinski definition) is 0. The average Bonchev–Trinajstić information content (AvgIpc) is 3.17. The third kappa shape index (κ3) is 4.38. The summed E-state index contributed by atoms with van der Waals surface area (Å²) in [5, 5.41) is 0. The number of nitrogens with zero attached hydrogens (tertiary/aromatic N) is 2. The molecule has 4 rings (SSSR count). The van der Waals surface area contributed by atoms with E-state index in [1.807, 2.05) is 12.1 Å². The van der Waals surface area contributed by atoms with Crippen molar-refractivity contribution in [3.05, 3.63) is 54.1 Å². The second kappa shape index (κ2) is 8.48. The highest BCUT2D eigenvalue weighted by Gasteiger charge is 2.25. The van der Waals surface area contributed by atoms with Gasteiger partial charge in [-0.05, 0) is 43.3 Å². The van der Waals surface area contributed by atoms with Crippen molar-refractivity contribution in [2.45, 2.75) is 16.9 Å². The van der Waals surface area contributed by atoms with Gasteiger partial charge in [0.25, 0.3) is 0 Å². The standard InChI is InChI=1S/C21H23IN2O3/c22-21-14-24(17-5-2-1-3-6-17)12-11-23(21)10-4-7-18(25)16-8-9-19-20(13-16)27-15-26-19/h1-3,5-6,8-9,13,21H,4,7,10-12,14-15H2. The molecule has 0 saturated carbocycles. The van der Waals surface area contributed by atoms with Crippen molar-refractivity contribution in [1.82, 2.24) is 4.90 Å². The fourth-order valence-electron chi connectivity index (χ4n) is 3.56. The van der Waals surface area contributed by atoms with E-state index in [1.54, 1.807) is 6.07 Å². The van der Waals surface area contributed by atoms with Crippen LogP contribution in [0.3, 0.4) is 0 Å². The number of alkyl halides is 1. The minimum Gasteiger partial charge on any atom is -0.454 e. The zero-order valence-corrected chi connectivity index (χ0v) is 17.3. The fraction of sp³-hybridized carbons (Fsp3) is 0.381. The third-order valence-corrected chi connectivity index (χ3v) is 6.27. The quantitative estimate of drug-likeness (QED) is 0.272. The molecular formula is C21H23IN2O3. The monoisotopic (exact) mass is 478 g/mol. The van der Waals surface area contributed by atoms with E-state index in [2.05, 4.69) is 62.7 Å². The van der Waals surface area contributed by atoms with Crippen LogP contribution in [0.5, 0.6) is 11.5 Å². The molecule has 2 heterocycles. The smallest absolute Gasteiger partial charge is 0.231 e. The van der Waals surface area contributed by atoms with Gasteiger partial charge in [-0.15, -0.1) is 0 Å². The molecule has 0 N–H and O–H groups in total. The molecule has 2 aliphatic rings. The van der Waals surface area contributed by atoms with Crippen molar-refractivity contribution >= 4 is 34.1 Å². The van der Waals surface area contributed by atoms with E-state index in [-0.39, 0.29) is 12.6 Å². The normalized spacial score (nSPS) is 19.3. The lowest BCUT2D eigenvalue weighted by Crippen LogP contribution is -2.50. The maximum absolute atomic E-state index is 12.5. The van der Waals surface area contributed by atoms with Crippen LogP contribution in [0.2, 0.25) is 0 Å². The van der Waals surface area contributed by atoms with Crippen LogP contribution in [0.4, 0.5) is 5.69 Å². The van der Waals surface area contributed by atoms with Crippen molar-refractivity contribution in [1.29, 1.82) is 0 Å². The summed E-state index contributed by atoms with van der Waals surface area (Å²) in [6.07, 6.45) is 1.43. The van der Waals surface area contributed by atoms with Crippen molar-refractivity contribution in [2.24, 2.45) is 0 Å². The van der Waals surface area contributed by atoms with Gasteiger partial charge in [-0.3, -0.25) is 9.69 Å². The number of halogens is 1. The Morgan fingerprint density at radius 2 is 1.89 bits per heavy atom. The summed E-state index contributed by atoms with van der Waals surface area (Å²) in [4.78, 5) is 17.4. The van der Waals surface area contributed by atoms with E-state index in [0.717, 1.165) is 38.3 Å². The van der Waals surface area contributed by atoms with E-state index < -0.39 is 0 Å². The molecule has 1 unspecified atom stereocenters. The molecule has 1 saturated heterocycles. The predicted octanol–water partition coefficient (Wildman–Crippen LogP) is 3.96. The zero-order valence-electron chi connectivity index (χ0n) is 15.1.